The fourth-order valence-corrected chi connectivity index (χ4v) is 1.90. The van der Waals surface area contributed by atoms with Gasteiger partial charge in [-0.05, 0) is 30.7 Å². The zero-order chi connectivity index (χ0) is 14.4. The molecule has 0 fully saturated rings. The molecule has 1 aliphatic heterocycles. The number of nitrogens with zero attached hydrogens (tertiary/aromatic N) is 1. The number of carboxylic acids is 1. The summed E-state index contributed by atoms with van der Waals surface area (Å²) in [6, 6.07) is 5.09. The minimum absolute atomic E-state index is 0.160. The normalized spacial score (nSPS) is 20.9. The molecule has 102 valence electrons. The first-order valence-corrected chi connectivity index (χ1v) is 6.30. The van der Waals surface area contributed by atoms with Gasteiger partial charge in [0.05, 0.1) is 6.61 Å². The Balaban J connectivity index is 2.55. The van der Waals surface area contributed by atoms with Gasteiger partial charge in [0.1, 0.15) is 11.3 Å². The van der Waals surface area contributed by atoms with Gasteiger partial charge in [0.2, 0.25) is 0 Å². The number of rotatable bonds is 4. The molecule has 0 amide bonds. The number of ether oxygens (including phenoxy) is 1. The van der Waals surface area contributed by atoms with Crippen LogP contribution in [0.1, 0.15) is 22.8 Å². The van der Waals surface area contributed by atoms with Crippen molar-refractivity contribution in [2.45, 2.75) is 6.92 Å². The molecule has 0 radical (unpaired) electrons. The molecule has 0 aromatic heterocycles. The van der Waals surface area contributed by atoms with Crippen molar-refractivity contribution in [3.63, 3.8) is 0 Å². The van der Waals surface area contributed by atoms with Crippen molar-refractivity contribution in [3.8, 4) is 5.75 Å². The molecule has 0 aliphatic carbocycles. The molecule has 0 saturated heterocycles. The molecule has 20 heavy (non-hydrogen) atoms. The summed E-state index contributed by atoms with van der Waals surface area (Å²) in [5.41, 5.74) is 1.75. The molecule has 0 bridgehead atoms. The molecule has 1 aromatic rings. The summed E-state index contributed by atoms with van der Waals surface area (Å²) in [5, 5.41) is 9.26. The number of carboxylic acid groups (broad SMARTS) is 1. The van der Waals surface area contributed by atoms with Crippen LogP contribution in [-0.4, -0.2) is 23.9 Å². The van der Waals surface area contributed by atoms with Crippen molar-refractivity contribution >= 4 is 17.8 Å². The van der Waals surface area contributed by atoms with Crippen LogP contribution in [0, 0.1) is 0 Å². The maximum atomic E-state index is 11.3. The molecule has 1 heterocycles. The lowest BCUT2D eigenvalue weighted by Gasteiger charge is -2.13. The second-order valence-electron chi connectivity index (χ2n) is 4.04. The van der Waals surface area contributed by atoms with Gasteiger partial charge in [-0.25, -0.2) is 4.79 Å². The molecule has 1 aliphatic rings. The van der Waals surface area contributed by atoms with Crippen LogP contribution >= 0.6 is 0 Å². The molecular weight excluding hydrogens is 254 g/mol. The van der Waals surface area contributed by atoms with Gasteiger partial charge in [-0.1, -0.05) is 24.3 Å². The van der Waals surface area contributed by atoms with Crippen LogP contribution in [0.4, 0.5) is 0 Å². The van der Waals surface area contributed by atoms with Crippen LogP contribution in [0.5, 0.6) is 5.75 Å². The maximum Gasteiger partial charge on any atom is 0.339 e. The van der Waals surface area contributed by atoms with Gasteiger partial charge in [0, 0.05) is 18.0 Å². The highest BCUT2D eigenvalue weighted by Crippen LogP contribution is 2.31. The first-order chi connectivity index (χ1) is 9.74. The fourth-order valence-electron chi connectivity index (χ4n) is 1.90. The summed E-state index contributed by atoms with van der Waals surface area (Å²) >= 11 is 0. The summed E-state index contributed by atoms with van der Waals surface area (Å²) in [6.45, 7) is 2.23. The van der Waals surface area contributed by atoms with E-state index in [1.807, 2.05) is 37.3 Å². The van der Waals surface area contributed by atoms with Crippen LogP contribution in [0.2, 0.25) is 0 Å². The highest BCUT2D eigenvalue weighted by Gasteiger charge is 2.16. The third-order valence-electron chi connectivity index (χ3n) is 2.74. The van der Waals surface area contributed by atoms with E-state index in [1.165, 1.54) is 6.07 Å². The lowest BCUT2D eigenvalue weighted by Crippen LogP contribution is -2.05. The molecule has 2 rings (SSSR count). The fraction of sp³-hybridized carbons (Fsp3) is 0.125. The average molecular weight is 269 g/mol. The Bertz CT molecular complexity index is 625. The van der Waals surface area contributed by atoms with Crippen LogP contribution in [0.3, 0.4) is 0 Å². The van der Waals surface area contributed by atoms with E-state index in [1.54, 1.807) is 18.5 Å². The van der Waals surface area contributed by atoms with E-state index >= 15 is 0 Å². The second-order valence-corrected chi connectivity index (χ2v) is 4.04. The Labute approximate surface area is 117 Å². The molecule has 0 unspecified atom stereocenters. The minimum Gasteiger partial charge on any atom is -0.492 e. The third-order valence-corrected chi connectivity index (χ3v) is 2.74. The van der Waals surface area contributed by atoms with E-state index in [0.717, 1.165) is 11.1 Å². The Kier molecular flexibility index (Phi) is 4.50. The first-order valence-electron chi connectivity index (χ1n) is 6.30. The molecule has 4 nitrogen and oxygen atoms in total. The highest BCUT2D eigenvalue weighted by molar-refractivity contribution is 5.94. The highest BCUT2D eigenvalue weighted by atomic mass is 16.5. The molecule has 0 atom stereocenters. The number of benzene rings is 1. The lowest BCUT2D eigenvalue weighted by atomic mass is 10.0. The van der Waals surface area contributed by atoms with Crippen molar-refractivity contribution in [2.24, 2.45) is 4.99 Å². The Morgan fingerprint density at radius 3 is 2.95 bits per heavy atom. The molecule has 1 N–H and O–H groups in total. The van der Waals surface area contributed by atoms with Crippen molar-refractivity contribution < 1.29 is 14.6 Å². The summed E-state index contributed by atoms with van der Waals surface area (Å²) in [5.74, 6) is -0.615. The summed E-state index contributed by atoms with van der Waals surface area (Å²) in [6.07, 6.45) is 10.7. The van der Waals surface area contributed by atoms with E-state index in [-0.39, 0.29) is 5.56 Å². The van der Waals surface area contributed by atoms with Gasteiger partial charge < -0.3 is 9.84 Å². The van der Waals surface area contributed by atoms with E-state index in [2.05, 4.69) is 4.99 Å². The number of hydrogen-bond donors (Lipinski definition) is 1. The van der Waals surface area contributed by atoms with E-state index in [9.17, 15) is 9.90 Å². The van der Waals surface area contributed by atoms with E-state index < -0.39 is 5.97 Å². The molecular formula is C16H15NO3. The molecule has 1 aromatic carbocycles. The second kappa shape index (κ2) is 6.52. The van der Waals surface area contributed by atoms with Gasteiger partial charge >= 0.3 is 5.97 Å². The predicted octanol–water partition coefficient (Wildman–Crippen LogP) is 3.32. The number of carbonyl (C=O) groups is 1. The van der Waals surface area contributed by atoms with Crippen molar-refractivity contribution in [1.82, 2.24) is 0 Å². The van der Waals surface area contributed by atoms with Crippen LogP contribution in [-0.2, 0) is 0 Å². The summed E-state index contributed by atoms with van der Waals surface area (Å²) in [7, 11) is 0. The van der Waals surface area contributed by atoms with Crippen LogP contribution < -0.4 is 4.74 Å². The van der Waals surface area contributed by atoms with Gasteiger partial charge in [0.15, 0.2) is 0 Å². The Hall–Kier alpha value is -2.62. The number of aromatic carboxylic acids is 1. The maximum absolute atomic E-state index is 11.3. The van der Waals surface area contributed by atoms with Crippen LogP contribution in [0.15, 0.2) is 53.7 Å². The monoisotopic (exact) mass is 269 g/mol. The number of hydrogen-bond acceptors (Lipinski definition) is 3. The van der Waals surface area contributed by atoms with Crippen molar-refractivity contribution in [2.75, 3.05) is 6.61 Å². The summed E-state index contributed by atoms with van der Waals surface area (Å²) < 4.78 is 5.54. The smallest absolute Gasteiger partial charge is 0.339 e. The van der Waals surface area contributed by atoms with Gasteiger partial charge in [-0.15, -0.1) is 0 Å². The topological polar surface area (TPSA) is 58.9 Å². The SMILES string of the molecule is CCOc1c(C(=O)O)cccc1C1=C/C=C\C=N/C=C\1. The van der Waals surface area contributed by atoms with Crippen molar-refractivity contribution in [3.05, 3.63) is 59.8 Å². The van der Waals surface area contributed by atoms with Gasteiger partial charge in [-0.3, -0.25) is 4.99 Å². The molecule has 4 heteroatoms. The standard InChI is InChI=1S/C16H15NO3/c1-2-20-15-13(7-5-8-14(15)16(18)19)12-6-3-4-10-17-11-9-12/h3-11H,2H2,1H3,(H,18,19)/b4-3-,6-3?,10-4?,11-9-,12-6+,12-9?,17-10-,17-11?. The minimum atomic E-state index is -1.00. The van der Waals surface area contributed by atoms with E-state index in [4.69, 9.17) is 4.74 Å². The molecule has 0 saturated carbocycles. The Morgan fingerprint density at radius 2 is 2.20 bits per heavy atom. The first kappa shape index (κ1) is 13.8. The van der Waals surface area contributed by atoms with Crippen molar-refractivity contribution in [1.29, 1.82) is 0 Å². The van der Waals surface area contributed by atoms with Crippen LogP contribution in [0.25, 0.3) is 5.57 Å². The average Bonchev–Trinajstić information content (AvgIpc) is 2.39. The van der Waals surface area contributed by atoms with Gasteiger partial charge in [0.25, 0.3) is 0 Å². The molecule has 0 spiro atoms. The number of para-hydroxylation sites is 1. The largest absolute Gasteiger partial charge is 0.492 e. The van der Waals surface area contributed by atoms with Gasteiger partial charge in [-0.2, -0.15) is 0 Å². The quantitative estimate of drug-likeness (QED) is 0.912. The van der Waals surface area contributed by atoms with E-state index in [0.29, 0.717) is 12.4 Å². The number of allylic oxidation sites excluding steroid dienone is 5. The number of aliphatic imine (C=N–C) groups is 1. The zero-order valence-electron chi connectivity index (χ0n) is 11.1. The zero-order valence-corrected chi connectivity index (χ0v) is 11.1. The lowest BCUT2D eigenvalue weighted by molar-refractivity contribution is 0.0692. The summed E-state index contributed by atoms with van der Waals surface area (Å²) in [4.78, 5) is 15.3. The predicted molar refractivity (Wildman–Crippen MR) is 79.3 cm³/mol. The third kappa shape index (κ3) is 3.03. The Morgan fingerprint density at radius 1 is 1.35 bits per heavy atom.